The van der Waals surface area contributed by atoms with Gasteiger partial charge in [-0.15, -0.1) is 0 Å². The van der Waals surface area contributed by atoms with Crippen LogP contribution >= 0.6 is 0 Å². The van der Waals surface area contributed by atoms with Gasteiger partial charge >= 0.3 is 0 Å². The fraction of sp³-hybridized carbons (Fsp3) is 0.545. The maximum atomic E-state index is 4.11. The van der Waals surface area contributed by atoms with Crippen LogP contribution in [0.2, 0.25) is 0 Å². The van der Waals surface area contributed by atoms with Crippen LogP contribution in [-0.2, 0) is 6.42 Å². The Morgan fingerprint density at radius 3 is 3.23 bits per heavy atom. The number of aryl methyl sites for hydroxylation is 1. The average Bonchev–Trinajstić information content (AvgIpc) is 2.69. The van der Waals surface area contributed by atoms with Crippen molar-refractivity contribution in [2.75, 3.05) is 13.1 Å². The number of aromatic nitrogens is 1. The van der Waals surface area contributed by atoms with Crippen molar-refractivity contribution < 1.29 is 0 Å². The zero-order valence-corrected chi connectivity index (χ0v) is 7.87. The lowest BCUT2D eigenvalue weighted by Crippen LogP contribution is -2.09. The summed E-state index contributed by atoms with van der Waals surface area (Å²) in [7, 11) is 0. The summed E-state index contributed by atoms with van der Waals surface area (Å²) in [5.41, 5.74) is 1.37. The van der Waals surface area contributed by atoms with Crippen LogP contribution in [0.3, 0.4) is 0 Å². The van der Waals surface area contributed by atoms with Gasteiger partial charge < -0.3 is 5.32 Å². The maximum absolute atomic E-state index is 4.11. The molecule has 70 valence electrons. The van der Waals surface area contributed by atoms with E-state index in [1.54, 1.807) is 0 Å². The SMILES string of the molecule is c1cncc(CCC2CCNC2)c1. The molecule has 0 radical (unpaired) electrons. The Balaban J connectivity index is 1.79. The Labute approximate surface area is 79.4 Å². The van der Waals surface area contributed by atoms with Gasteiger partial charge in [0.1, 0.15) is 0 Å². The molecule has 1 aliphatic rings. The van der Waals surface area contributed by atoms with Crippen LogP contribution in [0.25, 0.3) is 0 Å². The lowest BCUT2D eigenvalue weighted by atomic mass is 10.00. The molecule has 1 N–H and O–H groups in total. The topological polar surface area (TPSA) is 24.9 Å². The van der Waals surface area contributed by atoms with Crippen LogP contribution in [0.15, 0.2) is 24.5 Å². The molecule has 2 heteroatoms. The van der Waals surface area contributed by atoms with E-state index in [-0.39, 0.29) is 0 Å². The van der Waals surface area contributed by atoms with Gasteiger partial charge in [0.2, 0.25) is 0 Å². The zero-order chi connectivity index (χ0) is 8.93. The Morgan fingerprint density at radius 2 is 2.54 bits per heavy atom. The van der Waals surface area contributed by atoms with E-state index in [9.17, 15) is 0 Å². The molecule has 1 saturated heterocycles. The first-order chi connectivity index (χ1) is 6.45. The van der Waals surface area contributed by atoms with Gasteiger partial charge in [-0.25, -0.2) is 0 Å². The minimum Gasteiger partial charge on any atom is -0.316 e. The molecule has 0 aliphatic carbocycles. The average molecular weight is 176 g/mol. The van der Waals surface area contributed by atoms with E-state index >= 15 is 0 Å². The van der Waals surface area contributed by atoms with Gasteiger partial charge in [-0.2, -0.15) is 0 Å². The highest BCUT2D eigenvalue weighted by molar-refractivity contribution is 5.08. The molecule has 0 bridgehead atoms. The zero-order valence-electron chi connectivity index (χ0n) is 7.87. The van der Waals surface area contributed by atoms with Crippen LogP contribution in [0, 0.1) is 5.92 Å². The molecular weight excluding hydrogens is 160 g/mol. The molecule has 0 spiro atoms. The summed E-state index contributed by atoms with van der Waals surface area (Å²) in [4.78, 5) is 4.11. The van der Waals surface area contributed by atoms with Gasteiger partial charge in [0.25, 0.3) is 0 Å². The largest absolute Gasteiger partial charge is 0.316 e. The molecule has 13 heavy (non-hydrogen) atoms. The van der Waals surface area contributed by atoms with Crippen molar-refractivity contribution in [2.45, 2.75) is 19.3 Å². The van der Waals surface area contributed by atoms with Crippen LogP contribution in [0.1, 0.15) is 18.4 Å². The normalized spacial score (nSPS) is 22.0. The predicted molar refractivity (Wildman–Crippen MR) is 53.5 cm³/mol. The number of pyridine rings is 1. The highest BCUT2D eigenvalue weighted by atomic mass is 14.9. The van der Waals surface area contributed by atoms with Crippen molar-refractivity contribution in [3.63, 3.8) is 0 Å². The first kappa shape index (κ1) is 8.70. The number of nitrogens with zero attached hydrogens (tertiary/aromatic N) is 1. The van der Waals surface area contributed by atoms with Gasteiger partial charge in [0.05, 0.1) is 0 Å². The first-order valence-corrected chi connectivity index (χ1v) is 5.05. The van der Waals surface area contributed by atoms with Crippen LogP contribution < -0.4 is 5.32 Å². The molecule has 1 unspecified atom stereocenters. The number of hydrogen-bond donors (Lipinski definition) is 1. The van der Waals surface area contributed by atoms with Crippen molar-refractivity contribution in [2.24, 2.45) is 5.92 Å². The molecule has 1 aliphatic heterocycles. The smallest absolute Gasteiger partial charge is 0.0299 e. The van der Waals surface area contributed by atoms with Gasteiger partial charge in [0.15, 0.2) is 0 Å². The van der Waals surface area contributed by atoms with Gasteiger partial charge in [-0.1, -0.05) is 6.07 Å². The lowest BCUT2D eigenvalue weighted by molar-refractivity contribution is 0.532. The fourth-order valence-corrected chi connectivity index (χ4v) is 1.88. The van der Waals surface area contributed by atoms with E-state index in [1.165, 1.54) is 37.9 Å². The van der Waals surface area contributed by atoms with Crippen LogP contribution in [0.4, 0.5) is 0 Å². The summed E-state index contributed by atoms with van der Waals surface area (Å²) in [5.74, 6) is 0.889. The summed E-state index contributed by atoms with van der Waals surface area (Å²) < 4.78 is 0. The highest BCUT2D eigenvalue weighted by Gasteiger charge is 2.13. The van der Waals surface area contributed by atoms with Crippen molar-refractivity contribution >= 4 is 0 Å². The quantitative estimate of drug-likeness (QED) is 0.757. The van der Waals surface area contributed by atoms with E-state index < -0.39 is 0 Å². The van der Waals surface area contributed by atoms with Crippen molar-refractivity contribution in [1.82, 2.24) is 10.3 Å². The second-order valence-electron chi connectivity index (χ2n) is 3.76. The van der Waals surface area contributed by atoms with Gasteiger partial charge in [0, 0.05) is 12.4 Å². The third-order valence-electron chi connectivity index (χ3n) is 2.73. The standard InChI is InChI=1S/C11H16N2/c1-2-10(8-12-6-1)3-4-11-5-7-13-9-11/h1-2,6,8,11,13H,3-5,7,9H2. The summed E-state index contributed by atoms with van der Waals surface area (Å²) in [5, 5.41) is 3.39. The van der Waals surface area contributed by atoms with Crippen molar-refractivity contribution in [3.8, 4) is 0 Å². The number of hydrogen-bond acceptors (Lipinski definition) is 2. The Kier molecular flexibility index (Phi) is 2.93. The molecule has 1 fully saturated rings. The third kappa shape index (κ3) is 2.52. The molecule has 1 atom stereocenters. The van der Waals surface area contributed by atoms with Crippen LogP contribution in [0.5, 0.6) is 0 Å². The third-order valence-corrected chi connectivity index (χ3v) is 2.73. The van der Waals surface area contributed by atoms with E-state index in [1.807, 2.05) is 18.5 Å². The van der Waals surface area contributed by atoms with Gasteiger partial charge in [-0.05, 0) is 49.9 Å². The summed E-state index contributed by atoms with van der Waals surface area (Å²) in [6.07, 6.45) is 7.64. The Hall–Kier alpha value is -0.890. The molecule has 0 saturated carbocycles. The van der Waals surface area contributed by atoms with Gasteiger partial charge in [-0.3, -0.25) is 4.98 Å². The fourth-order valence-electron chi connectivity index (χ4n) is 1.88. The van der Waals surface area contributed by atoms with E-state index in [0.717, 1.165) is 5.92 Å². The monoisotopic (exact) mass is 176 g/mol. The van der Waals surface area contributed by atoms with Crippen molar-refractivity contribution in [3.05, 3.63) is 30.1 Å². The minimum absolute atomic E-state index is 0.889. The number of nitrogens with one attached hydrogen (secondary N) is 1. The molecule has 0 amide bonds. The second kappa shape index (κ2) is 4.38. The van der Waals surface area contributed by atoms with Crippen LogP contribution in [-0.4, -0.2) is 18.1 Å². The highest BCUT2D eigenvalue weighted by Crippen LogP contribution is 2.15. The molecule has 0 aromatic carbocycles. The summed E-state index contributed by atoms with van der Waals surface area (Å²) >= 11 is 0. The molecule has 1 aromatic heterocycles. The molecule has 1 aromatic rings. The minimum atomic E-state index is 0.889. The van der Waals surface area contributed by atoms with E-state index in [4.69, 9.17) is 0 Å². The molecule has 2 rings (SSSR count). The molecule has 2 heterocycles. The molecule has 2 nitrogen and oxygen atoms in total. The summed E-state index contributed by atoms with van der Waals surface area (Å²) in [6.45, 7) is 2.41. The lowest BCUT2D eigenvalue weighted by Gasteiger charge is -2.06. The first-order valence-electron chi connectivity index (χ1n) is 5.05. The van der Waals surface area contributed by atoms with E-state index in [2.05, 4.69) is 16.4 Å². The Bertz CT molecular complexity index is 240. The molecular formula is C11H16N2. The van der Waals surface area contributed by atoms with Crippen molar-refractivity contribution in [1.29, 1.82) is 0 Å². The van der Waals surface area contributed by atoms with E-state index in [0.29, 0.717) is 0 Å². The Morgan fingerprint density at radius 1 is 1.54 bits per heavy atom. The second-order valence-corrected chi connectivity index (χ2v) is 3.76. The predicted octanol–water partition coefficient (Wildman–Crippen LogP) is 1.62. The summed E-state index contributed by atoms with van der Waals surface area (Å²) in [6, 6.07) is 4.18. The number of rotatable bonds is 3. The maximum Gasteiger partial charge on any atom is 0.0299 e.